The Morgan fingerprint density at radius 1 is 0.833 bits per heavy atom. The second-order valence-corrected chi connectivity index (χ2v) is 11.1. The van der Waals surface area contributed by atoms with Gasteiger partial charge in [-0.2, -0.15) is 0 Å². The van der Waals surface area contributed by atoms with Gasteiger partial charge in [-0.3, -0.25) is 0 Å². The number of rotatable bonds is 4. The lowest BCUT2D eigenvalue weighted by atomic mass is 9.99. The summed E-state index contributed by atoms with van der Waals surface area (Å²) in [4.78, 5) is 0. The van der Waals surface area contributed by atoms with E-state index in [1.165, 1.54) is 6.42 Å². The Morgan fingerprint density at radius 2 is 1.28 bits per heavy atom. The van der Waals surface area contributed by atoms with Gasteiger partial charge in [0.1, 0.15) is 0 Å². The first-order valence-electron chi connectivity index (χ1n) is 8.54. The fourth-order valence-electron chi connectivity index (χ4n) is 6.28. The molecule has 4 bridgehead atoms. The molecule has 0 saturated heterocycles. The van der Waals surface area contributed by atoms with E-state index in [-0.39, 0.29) is 0 Å². The van der Waals surface area contributed by atoms with Gasteiger partial charge in [-0.15, -0.1) is 0 Å². The van der Waals surface area contributed by atoms with Crippen LogP contribution in [-0.4, -0.2) is 16.5 Å². The molecular weight excluding hydrogens is 235 g/mol. The summed E-state index contributed by atoms with van der Waals surface area (Å²) < 4.78 is 0. The lowest BCUT2D eigenvalue weighted by molar-refractivity contribution is 0.472. The molecule has 102 valence electrons. The van der Waals surface area contributed by atoms with Crippen LogP contribution in [0.5, 0.6) is 0 Å². The van der Waals surface area contributed by atoms with Gasteiger partial charge < -0.3 is 0 Å². The number of fused-ring (bicyclic) bond motifs is 4. The quantitative estimate of drug-likeness (QED) is 0.584. The first-order valence-corrected chi connectivity index (χ1v) is 10.1. The number of hydrogen-bond acceptors (Lipinski definition) is 0. The Hall–Kier alpha value is 0.430. The topological polar surface area (TPSA) is 0 Å². The molecule has 0 amide bonds. The van der Waals surface area contributed by atoms with E-state index in [1.54, 1.807) is 70.4 Å². The van der Waals surface area contributed by atoms with Crippen LogP contribution in [-0.2, 0) is 0 Å². The predicted octanol–water partition coefficient (Wildman–Crippen LogP) is 5.54. The van der Waals surface area contributed by atoms with Crippen molar-refractivity contribution in [3.63, 3.8) is 0 Å². The molecule has 0 aliphatic heterocycles. The van der Waals surface area contributed by atoms with Gasteiger partial charge in [-0.1, -0.05) is 21.3 Å². The molecular formula is C17H29P. The van der Waals surface area contributed by atoms with Gasteiger partial charge in [-0.05, 0) is 92.5 Å². The van der Waals surface area contributed by atoms with E-state index in [2.05, 4.69) is 6.92 Å². The van der Waals surface area contributed by atoms with Crippen LogP contribution in [0.1, 0.15) is 77.6 Å². The first kappa shape index (κ1) is 12.2. The molecule has 18 heavy (non-hydrogen) atoms. The molecule has 0 spiro atoms. The van der Waals surface area contributed by atoms with Crippen LogP contribution < -0.4 is 0 Å². The zero-order valence-electron chi connectivity index (χ0n) is 12.1. The van der Waals surface area contributed by atoms with Gasteiger partial charge in [0.15, 0.2) is 0 Å². The summed E-state index contributed by atoms with van der Waals surface area (Å²) in [6, 6.07) is 0. The largest absolute Gasteiger partial charge is 0.0940 e. The molecule has 4 saturated carbocycles. The Kier molecular flexibility index (Phi) is 2.85. The summed E-state index contributed by atoms with van der Waals surface area (Å²) in [5, 5.41) is 1.80. The second-order valence-electron chi connectivity index (χ2n) is 7.90. The van der Waals surface area contributed by atoms with Crippen molar-refractivity contribution in [2.24, 2.45) is 11.8 Å². The molecule has 0 aromatic heterocycles. The maximum atomic E-state index is 2.45. The molecule has 0 atom stereocenters. The van der Waals surface area contributed by atoms with Gasteiger partial charge in [-0.25, -0.2) is 0 Å². The zero-order valence-corrected chi connectivity index (χ0v) is 13.0. The molecule has 1 heteroatoms. The predicted molar refractivity (Wildman–Crippen MR) is 80.7 cm³/mol. The molecule has 0 unspecified atom stereocenters. The number of hydrogen-bond donors (Lipinski definition) is 0. The van der Waals surface area contributed by atoms with Crippen LogP contribution in [0, 0.1) is 11.8 Å². The van der Waals surface area contributed by atoms with E-state index in [0.29, 0.717) is 7.92 Å². The third kappa shape index (κ3) is 1.60. The van der Waals surface area contributed by atoms with Gasteiger partial charge >= 0.3 is 0 Å². The van der Waals surface area contributed by atoms with Gasteiger partial charge in [0, 0.05) is 0 Å². The average Bonchev–Trinajstić information content (AvgIpc) is 3.15. The van der Waals surface area contributed by atoms with Crippen molar-refractivity contribution in [2.45, 2.75) is 87.9 Å². The van der Waals surface area contributed by atoms with Crippen molar-refractivity contribution in [1.82, 2.24) is 0 Å². The van der Waals surface area contributed by atoms with Gasteiger partial charge in [0.05, 0.1) is 0 Å². The van der Waals surface area contributed by atoms with E-state index in [1.807, 2.05) is 0 Å². The minimum Gasteiger partial charge on any atom is -0.0940 e. The van der Waals surface area contributed by atoms with Crippen molar-refractivity contribution in [3.05, 3.63) is 0 Å². The smallest absolute Gasteiger partial charge is 0.00866 e. The fourth-order valence-corrected chi connectivity index (χ4v) is 11.2. The summed E-state index contributed by atoms with van der Waals surface area (Å²) in [6.45, 7) is 2.45. The fraction of sp³-hybridized carbons (Fsp3) is 1.00. The van der Waals surface area contributed by atoms with Crippen LogP contribution >= 0.6 is 7.92 Å². The second kappa shape index (κ2) is 4.21. The monoisotopic (exact) mass is 264 g/mol. The van der Waals surface area contributed by atoms with E-state index in [9.17, 15) is 0 Å². The normalized spacial score (nSPS) is 51.2. The maximum absolute atomic E-state index is 2.45. The summed E-state index contributed by atoms with van der Waals surface area (Å²) in [7, 11) is 0.352. The summed E-state index contributed by atoms with van der Waals surface area (Å²) in [5.74, 6) is 2.31. The zero-order chi connectivity index (χ0) is 12.2. The third-order valence-corrected chi connectivity index (χ3v) is 11.4. The SMILES string of the molecule is CCCP(C12CCC(CC1)C2)C12CCC(CC1)C2. The summed E-state index contributed by atoms with van der Waals surface area (Å²) in [5.41, 5.74) is 0. The molecule has 0 heterocycles. The van der Waals surface area contributed by atoms with E-state index < -0.39 is 0 Å². The molecule has 4 rings (SSSR count). The maximum Gasteiger partial charge on any atom is -0.00866 e. The Labute approximate surface area is 114 Å². The molecule has 4 aliphatic rings. The Morgan fingerprint density at radius 3 is 1.56 bits per heavy atom. The van der Waals surface area contributed by atoms with Crippen LogP contribution in [0.3, 0.4) is 0 Å². The minimum absolute atomic E-state index is 0.352. The minimum atomic E-state index is 0.352. The summed E-state index contributed by atoms with van der Waals surface area (Å²) >= 11 is 0. The molecule has 0 aromatic carbocycles. The van der Waals surface area contributed by atoms with E-state index in [4.69, 9.17) is 0 Å². The Balaban J connectivity index is 1.65. The van der Waals surface area contributed by atoms with Crippen LogP contribution in [0.2, 0.25) is 0 Å². The van der Waals surface area contributed by atoms with E-state index in [0.717, 1.165) is 22.1 Å². The highest BCUT2D eigenvalue weighted by atomic mass is 31.1. The molecule has 0 N–H and O–H groups in total. The third-order valence-electron chi connectivity index (χ3n) is 7.00. The van der Waals surface area contributed by atoms with Crippen LogP contribution in [0.4, 0.5) is 0 Å². The molecule has 0 aromatic rings. The molecule has 0 nitrogen and oxygen atoms in total. The van der Waals surface area contributed by atoms with Gasteiger partial charge in [0.2, 0.25) is 0 Å². The highest BCUT2D eigenvalue weighted by Crippen LogP contribution is 2.77. The van der Waals surface area contributed by atoms with Gasteiger partial charge in [0.25, 0.3) is 0 Å². The molecule has 4 aliphatic carbocycles. The highest BCUT2D eigenvalue weighted by molar-refractivity contribution is 7.61. The van der Waals surface area contributed by atoms with Crippen molar-refractivity contribution in [1.29, 1.82) is 0 Å². The highest BCUT2D eigenvalue weighted by Gasteiger charge is 2.58. The lowest BCUT2D eigenvalue weighted by Crippen LogP contribution is -2.34. The van der Waals surface area contributed by atoms with E-state index >= 15 is 0 Å². The van der Waals surface area contributed by atoms with Crippen LogP contribution in [0.25, 0.3) is 0 Å². The summed E-state index contributed by atoms with van der Waals surface area (Å²) in [6.07, 6.45) is 19.3. The van der Waals surface area contributed by atoms with Crippen molar-refractivity contribution < 1.29 is 0 Å². The average molecular weight is 264 g/mol. The lowest BCUT2D eigenvalue weighted by Gasteiger charge is -2.48. The van der Waals surface area contributed by atoms with Crippen LogP contribution in [0.15, 0.2) is 0 Å². The first-order chi connectivity index (χ1) is 8.76. The molecule has 4 fully saturated rings. The standard InChI is InChI=1S/C17H29P/c1-2-11-18(16-7-3-14(12-16)4-8-16)17-9-5-15(13-17)6-10-17/h14-15H,2-13H2,1H3. The molecule has 0 radical (unpaired) electrons. The van der Waals surface area contributed by atoms with Crippen molar-refractivity contribution in [2.75, 3.05) is 6.16 Å². The van der Waals surface area contributed by atoms with Crippen molar-refractivity contribution >= 4 is 7.92 Å². The Bertz CT molecular complexity index is 289. The van der Waals surface area contributed by atoms with Crippen molar-refractivity contribution in [3.8, 4) is 0 Å².